The predicted molar refractivity (Wildman–Crippen MR) is 109 cm³/mol. The van der Waals surface area contributed by atoms with E-state index in [4.69, 9.17) is 9.47 Å². The van der Waals surface area contributed by atoms with Gasteiger partial charge in [-0.3, -0.25) is 0 Å². The van der Waals surface area contributed by atoms with Gasteiger partial charge in [0.25, 0.3) is 5.72 Å². The van der Waals surface area contributed by atoms with Crippen LogP contribution >= 0.6 is 11.8 Å². The van der Waals surface area contributed by atoms with E-state index in [0.717, 1.165) is 35.1 Å². The van der Waals surface area contributed by atoms with E-state index in [1.807, 2.05) is 36.0 Å². The number of rotatable bonds is 4. The highest BCUT2D eigenvalue weighted by atomic mass is 32.2. The topological polar surface area (TPSA) is 44.9 Å². The lowest BCUT2D eigenvalue weighted by Gasteiger charge is -2.25. The molecule has 2 aromatic carbocycles. The minimum absolute atomic E-state index is 0.482. The van der Waals surface area contributed by atoms with Crippen LogP contribution in [0.2, 0.25) is 0 Å². The molecule has 27 heavy (non-hydrogen) atoms. The van der Waals surface area contributed by atoms with Crippen molar-refractivity contribution in [1.29, 1.82) is 0 Å². The lowest BCUT2D eigenvalue weighted by molar-refractivity contribution is -0.656. The van der Waals surface area contributed by atoms with Crippen molar-refractivity contribution < 1.29 is 19.2 Å². The molecule has 6 heteroatoms. The summed E-state index contributed by atoms with van der Waals surface area (Å²) in [6, 6.07) is 14.0. The van der Waals surface area contributed by atoms with Gasteiger partial charge in [-0.2, -0.15) is 0 Å². The fourth-order valence-corrected chi connectivity index (χ4v) is 5.06. The minimum atomic E-state index is -1.11. The molecule has 2 heterocycles. The van der Waals surface area contributed by atoms with Gasteiger partial charge in [0.1, 0.15) is 5.69 Å². The van der Waals surface area contributed by atoms with Gasteiger partial charge in [0.05, 0.1) is 20.8 Å². The summed E-state index contributed by atoms with van der Waals surface area (Å²) >= 11 is 1.81. The van der Waals surface area contributed by atoms with Crippen LogP contribution in [0.25, 0.3) is 0 Å². The minimum Gasteiger partial charge on any atom is -0.493 e. The van der Waals surface area contributed by atoms with E-state index in [-0.39, 0.29) is 0 Å². The number of benzene rings is 2. The normalized spacial score (nSPS) is 22.0. The molecule has 0 aromatic heterocycles. The fourth-order valence-electron chi connectivity index (χ4n) is 3.89. The maximum Gasteiger partial charge on any atom is 0.316 e. The first-order chi connectivity index (χ1) is 13.1. The summed E-state index contributed by atoms with van der Waals surface area (Å²) in [5, 5.41) is 12.9. The molecule has 2 aromatic rings. The molecule has 2 aliphatic rings. The number of amidine groups is 1. The second-order valence-electron chi connectivity index (χ2n) is 6.90. The van der Waals surface area contributed by atoms with Gasteiger partial charge in [-0.1, -0.05) is 18.2 Å². The Morgan fingerprint density at radius 1 is 1.11 bits per heavy atom. The van der Waals surface area contributed by atoms with Crippen molar-refractivity contribution in [3.8, 4) is 11.5 Å². The van der Waals surface area contributed by atoms with Gasteiger partial charge in [-0.05, 0) is 54.9 Å². The summed E-state index contributed by atoms with van der Waals surface area (Å²) in [4.78, 5) is 2.25. The molecule has 0 radical (unpaired) electrons. The van der Waals surface area contributed by atoms with Crippen LogP contribution in [0.15, 0.2) is 42.5 Å². The number of β-amino-alcohol motifs (C(OH)–C–C–N with tert-alkyl or cyclic N) is 1. The zero-order valence-corrected chi connectivity index (χ0v) is 16.8. The third-order valence-electron chi connectivity index (χ3n) is 5.30. The first kappa shape index (κ1) is 18.2. The van der Waals surface area contributed by atoms with Crippen molar-refractivity contribution in [2.45, 2.75) is 19.1 Å². The molecule has 0 saturated heterocycles. The quantitative estimate of drug-likeness (QED) is 0.819. The fraction of sp³-hybridized carbons (Fsp3) is 0.381. The van der Waals surface area contributed by atoms with E-state index >= 15 is 0 Å². The Bertz CT molecular complexity index is 899. The molecule has 1 N–H and O–H groups in total. The lowest BCUT2D eigenvalue weighted by atomic mass is 10.0. The number of hydrogen-bond acceptors (Lipinski definition) is 5. The van der Waals surface area contributed by atoms with Crippen LogP contribution in [0.3, 0.4) is 0 Å². The van der Waals surface area contributed by atoms with Crippen molar-refractivity contribution in [1.82, 2.24) is 0 Å². The molecule has 0 bridgehead atoms. The molecule has 4 rings (SSSR count). The van der Waals surface area contributed by atoms with Gasteiger partial charge in [-0.15, -0.1) is 0 Å². The molecule has 0 saturated carbocycles. The lowest BCUT2D eigenvalue weighted by Crippen LogP contribution is -2.41. The largest absolute Gasteiger partial charge is 0.493 e. The molecule has 0 spiro atoms. The molecule has 142 valence electrons. The number of ether oxygens (including phenoxy) is 2. The van der Waals surface area contributed by atoms with E-state index in [2.05, 4.69) is 34.6 Å². The third-order valence-corrected chi connectivity index (χ3v) is 6.49. The van der Waals surface area contributed by atoms with Gasteiger partial charge < -0.3 is 14.6 Å². The SMILES string of the molecule is COc1ccc(C2(O)CN(c3ccccc3C)C3=[N+]2CCCS3)cc1OC. The number of para-hydroxylation sites is 1. The Kier molecular flexibility index (Phi) is 4.78. The molecule has 0 amide bonds. The zero-order chi connectivity index (χ0) is 19.0. The number of methoxy groups -OCH3 is 2. The highest BCUT2D eigenvalue weighted by Crippen LogP contribution is 2.40. The summed E-state index contributed by atoms with van der Waals surface area (Å²) in [6.07, 6.45) is 1.05. The molecular weight excluding hydrogens is 360 g/mol. The average Bonchev–Trinajstić information content (AvgIpc) is 3.02. The molecule has 1 atom stereocenters. The van der Waals surface area contributed by atoms with Gasteiger partial charge in [-0.25, -0.2) is 9.48 Å². The molecule has 0 fully saturated rings. The Balaban J connectivity index is 1.81. The summed E-state index contributed by atoms with van der Waals surface area (Å²) in [5.41, 5.74) is 2.05. The number of hydrogen-bond donors (Lipinski definition) is 1. The van der Waals surface area contributed by atoms with E-state index in [9.17, 15) is 5.11 Å². The van der Waals surface area contributed by atoms with Crippen LogP contribution in [-0.4, -0.2) is 47.9 Å². The van der Waals surface area contributed by atoms with Crippen LogP contribution in [0, 0.1) is 6.92 Å². The van der Waals surface area contributed by atoms with Crippen molar-refractivity contribution in [2.24, 2.45) is 0 Å². The zero-order valence-electron chi connectivity index (χ0n) is 15.9. The van der Waals surface area contributed by atoms with E-state index < -0.39 is 5.72 Å². The maximum atomic E-state index is 11.8. The van der Waals surface area contributed by atoms with Crippen molar-refractivity contribution >= 4 is 22.6 Å². The average molecular weight is 386 g/mol. The van der Waals surface area contributed by atoms with Gasteiger partial charge in [0.15, 0.2) is 18.0 Å². The summed E-state index contributed by atoms with van der Waals surface area (Å²) in [6.45, 7) is 3.42. The number of anilines is 1. The molecular formula is C21H25N2O3S+. The van der Waals surface area contributed by atoms with Crippen molar-refractivity contribution in [3.63, 3.8) is 0 Å². The monoisotopic (exact) mass is 385 g/mol. The van der Waals surface area contributed by atoms with Gasteiger partial charge in [0.2, 0.25) is 0 Å². The standard InChI is InChI=1S/C21H25N2O3S/c1-15-7-4-5-8-17(15)22-14-21(24,23-11-6-12-27-20(22)23)16-9-10-18(25-2)19(13-16)26-3/h4-5,7-10,13,24H,6,11-12,14H2,1-3H3/q+1. The van der Waals surface area contributed by atoms with Crippen LogP contribution in [0.5, 0.6) is 11.5 Å². The number of aliphatic hydroxyl groups is 1. The van der Waals surface area contributed by atoms with Crippen LogP contribution in [0.4, 0.5) is 5.69 Å². The summed E-state index contributed by atoms with van der Waals surface area (Å²) < 4.78 is 13.0. The Hall–Kier alpha value is -2.18. The first-order valence-electron chi connectivity index (χ1n) is 9.14. The van der Waals surface area contributed by atoms with Crippen LogP contribution in [-0.2, 0) is 5.72 Å². The van der Waals surface area contributed by atoms with Crippen LogP contribution < -0.4 is 14.4 Å². The van der Waals surface area contributed by atoms with Crippen molar-refractivity contribution in [2.75, 3.05) is 38.0 Å². The highest BCUT2D eigenvalue weighted by Gasteiger charge is 2.53. The number of aryl methyl sites for hydroxylation is 1. The van der Waals surface area contributed by atoms with Crippen molar-refractivity contribution in [3.05, 3.63) is 53.6 Å². The number of nitrogens with zero attached hydrogens (tertiary/aromatic N) is 2. The summed E-state index contributed by atoms with van der Waals surface area (Å²) in [5.74, 6) is 2.36. The maximum absolute atomic E-state index is 11.8. The second kappa shape index (κ2) is 7.09. The van der Waals surface area contributed by atoms with Gasteiger partial charge in [0, 0.05) is 11.3 Å². The Morgan fingerprint density at radius 2 is 1.89 bits per heavy atom. The van der Waals surface area contributed by atoms with E-state index in [1.165, 1.54) is 5.56 Å². The smallest absolute Gasteiger partial charge is 0.316 e. The molecule has 1 unspecified atom stereocenters. The predicted octanol–water partition coefficient (Wildman–Crippen LogP) is 3.18. The molecule has 5 nitrogen and oxygen atoms in total. The summed E-state index contributed by atoms with van der Waals surface area (Å²) in [7, 11) is 3.24. The molecule has 2 aliphatic heterocycles. The van der Waals surface area contributed by atoms with Gasteiger partial charge >= 0.3 is 5.17 Å². The van der Waals surface area contributed by atoms with E-state index in [0.29, 0.717) is 18.0 Å². The first-order valence-corrected chi connectivity index (χ1v) is 10.1. The number of thioether (sulfide) groups is 1. The second-order valence-corrected chi connectivity index (χ2v) is 7.96. The highest BCUT2D eigenvalue weighted by molar-refractivity contribution is 8.13. The Labute approximate surface area is 164 Å². The van der Waals surface area contributed by atoms with E-state index in [1.54, 1.807) is 14.2 Å². The third kappa shape index (κ3) is 2.97. The Morgan fingerprint density at radius 3 is 2.63 bits per heavy atom. The van der Waals surface area contributed by atoms with Crippen LogP contribution in [0.1, 0.15) is 17.5 Å². The molecule has 0 aliphatic carbocycles.